The van der Waals surface area contributed by atoms with Crippen LogP contribution >= 0.6 is 0 Å². The van der Waals surface area contributed by atoms with Gasteiger partial charge in [0.15, 0.2) is 0 Å². The third kappa shape index (κ3) is 2.89. The number of benzene rings is 2. The van der Waals surface area contributed by atoms with Gasteiger partial charge in [0.2, 0.25) is 0 Å². The van der Waals surface area contributed by atoms with E-state index in [1.807, 2.05) is 30.3 Å². The maximum absolute atomic E-state index is 9.27. The Kier molecular flexibility index (Phi) is 3.60. The van der Waals surface area contributed by atoms with Gasteiger partial charge in [-0.15, -0.1) is 0 Å². The molecule has 0 aliphatic rings. The lowest BCUT2D eigenvalue weighted by molar-refractivity contribution is 0.475. The van der Waals surface area contributed by atoms with Crippen molar-refractivity contribution >= 4 is 22.1 Å². The second-order valence-electron chi connectivity index (χ2n) is 4.97. The Morgan fingerprint density at radius 1 is 1.00 bits per heavy atom. The molecule has 0 saturated carbocycles. The van der Waals surface area contributed by atoms with Gasteiger partial charge in [0.25, 0.3) is 0 Å². The number of fused-ring (bicyclic) bond motifs is 1. The first-order valence-electron chi connectivity index (χ1n) is 6.88. The van der Waals surface area contributed by atoms with Gasteiger partial charge in [0.05, 0.1) is 0 Å². The summed E-state index contributed by atoms with van der Waals surface area (Å²) in [4.78, 5) is 4.12. The van der Waals surface area contributed by atoms with Gasteiger partial charge in [-0.05, 0) is 42.3 Å². The Labute approximate surface area is 123 Å². The van der Waals surface area contributed by atoms with Crippen molar-refractivity contribution in [2.75, 3.05) is 17.6 Å². The molecule has 2 aromatic carbocycles. The quantitative estimate of drug-likeness (QED) is 0.641. The summed E-state index contributed by atoms with van der Waals surface area (Å²) in [5, 5.41) is 14.7. The van der Waals surface area contributed by atoms with E-state index >= 15 is 0 Å². The molecule has 4 N–H and O–H groups in total. The molecule has 106 valence electrons. The highest BCUT2D eigenvalue weighted by Crippen LogP contribution is 2.27. The molecule has 0 aliphatic carbocycles. The lowest BCUT2D eigenvalue weighted by Gasteiger charge is -2.11. The largest absolute Gasteiger partial charge is 0.508 e. The number of aromatic nitrogens is 1. The molecule has 0 aliphatic heterocycles. The Morgan fingerprint density at radius 3 is 2.62 bits per heavy atom. The van der Waals surface area contributed by atoms with E-state index in [1.165, 1.54) is 5.56 Å². The number of rotatable bonds is 4. The highest BCUT2D eigenvalue weighted by atomic mass is 16.3. The molecule has 0 saturated heterocycles. The van der Waals surface area contributed by atoms with Crippen LogP contribution in [0.3, 0.4) is 0 Å². The molecule has 4 heteroatoms. The van der Waals surface area contributed by atoms with E-state index in [9.17, 15) is 5.11 Å². The average molecular weight is 279 g/mol. The third-order valence-corrected chi connectivity index (χ3v) is 3.52. The SMILES string of the molecule is Nc1ccc(NCCc2ccc(O)cc2)c2ccncc12. The van der Waals surface area contributed by atoms with E-state index in [2.05, 4.69) is 10.3 Å². The van der Waals surface area contributed by atoms with Crippen LogP contribution in [-0.4, -0.2) is 16.6 Å². The van der Waals surface area contributed by atoms with Gasteiger partial charge in [-0.3, -0.25) is 4.98 Å². The fourth-order valence-electron chi connectivity index (χ4n) is 2.37. The van der Waals surface area contributed by atoms with Crippen LogP contribution in [0.15, 0.2) is 54.9 Å². The fraction of sp³-hybridized carbons (Fsp3) is 0.118. The normalized spacial score (nSPS) is 10.7. The molecule has 0 bridgehead atoms. The summed E-state index contributed by atoms with van der Waals surface area (Å²) in [6, 6.07) is 13.1. The van der Waals surface area contributed by atoms with Crippen LogP contribution in [-0.2, 0) is 6.42 Å². The van der Waals surface area contributed by atoms with Gasteiger partial charge in [-0.2, -0.15) is 0 Å². The fourth-order valence-corrected chi connectivity index (χ4v) is 2.37. The van der Waals surface area contributed by atoms with E-state index in [0.29, 0.717) is 5.75 Å². The highest BCUT2D eigenvalue weighted by molar-refractivity contribution is 6.00. The first kappa shape index (κ1) is 13.2. The lowest BCUT2D eigenvalue weighted by atomic mass is 10.1. The van der Waals surface area contributed by atoms with E-state index in [-0.39, 0.29) is 0 Å². The number of aromatic hydroxyl groups is 1. The number of nitrogens with zero attached hydrogens (tertiary/aromatic N) is 1. The van der Waals surface area contributed by atoms with Crippen molar-refractivity contribution in [3.05, 3.63) is 60.4 Å². The van der Waals surface area contributed by atoms with Crippen LogP contribution < -0.4 is 11.1 Å². The standard InChI is InChI=1S/C17H17N3O/c18-16-5-6-17(14-8-9-19-11-15(14)16)20-10-7-12-1-3-13(21)4-2-12/h1-6,8-9,11,20-21H,7,10,18H2. The topological polar surface area (TPSA) is 71.2 Å². The lowest BCUT2D eigenvalue weighted by Crippen LogP contribution is -2.05. The molecule has 1 heterocycles. The summed E-state index contributed by atoms with van der Waals surface area (Å²) in [5.41, 5.74) is 8.94. The van der Waals surface area contributed by atoms with Crippen molar-refractivity contribution in [1.82, 2.24) is 4.98 Å². The predicted octanol–water partition coefficient (Wildman–Crippen LogP) is 3.18. The molecule has 0 unspecified atom stereocenters. The van der Waals surface area contributed by atoms with Gasteiger partial charge in [0, 0.05) is 41.1 Å². The second-order valence-corrected chi connectivity index (χ2v) is 4.97. The van der Waals surface area contributed by atoms with Crippen molar-refractivity contribution in [1.29, 1.82) is 0 Å². The van der Waals surface area contributed by atoms with Gasteiger partial charge >= 0.3 is 0 Å². The minimum atomic E-state index is 0.295. The molecule has 0 fully saturated rings. The Bertz CT molecular complexity index is 754. The Hall–Kier alpha value is -2.75. The maximum atomic E-state index is 9.27. The zero-order valence-corrected chi connectivity index (χ0v) is 11.6. The first-order chi connectivity index (χ1) is 10.2. The van der Waals surface area contributed by atoms with Crippen molar-refractivity contribution in [2.45, 2.75) is 6.42 Å². The molecular weight excluding hydrogens is 262 g/mol. The molecular formula is C17H17N3O. The van der Waals surface area contributed by atoms with Crippen LogP contribution in [0, 0.1) is 0 Å². The number of hydrogen-bond donors (Lipinski definition) is 3. The van der Waals surface area contributed by atoms with E-state index in [0.717, 1.165) is 35.1 Å². The van der Waals surface area contributed by atoms with Crippen molar-refractivity contribution in [2.24, 2.45) is 0 Å². The average Bonchev–Trinajstić information content (AvgIpc) is 2.52. The molecule has 0 amide bonds. The van der Waals surface area contributed by atoms with E-state index < -0.39 is 0 Å². The summed E-state index contributed by atoms with van der Waals surface area (Å²) in [7, 11) is 0. The van der Waals surface area contributed by atoms with Crippen LogP contribution in [0.5, 0.6) is 5.75 Å². The van der Waals surface area contributed by atoms with Crippen LogP contribution in [0.1, 0.15) is 5.56 Å². The molecule has 3 rings (SSSR count). The number of nitrogens with two attached hydrogens (primary N) is 1. The van der Waals surface area contributed by atoms with E-state index in [4.69, 9.17) is 5.73 Å². The Morgan fingerprint density at radius 2 is 1.81 bits per heavy atom. The number of phenolic OH excluding ortho intramolecular Hbond substituents is 1. The number of hydrogen-bond acceptors (Lipinski definition) is 4. The maximum Gasteiger partial charge on any atom is 0.115 e. The van der Waals surface area contributed by atoms with Crippen LogP contribution in [0.2, 0.25) is 0 Å². The molecule has 0 radical (unpaired) electrons. The van der Waals surface area contributed by atoms with Gasteiger partial charge in [-0.25, -0.2) is 0 Å². The van der Waals surface area contributed by atoms with Gasteiger partial charge in [-0.1, -0.05) is 12.1 Å². The number of nitrogen functional groups attached to an aromatic ring is 1. The minimum absolute atomic E-state index is 0.295. The zero-order chi connectivity index (χ0) is 14.7. The number of pyridine rings is 1. The zero-order valence-electron chi connectivity index (χ0n) is 11.6. The number of phenols is 1. The van der Waals surface area contributed by atoms with Crippen molar-refractivity contribution in [3.63, 3.8) is 0 Å². The minimum Gasteiger partial charge on any atom is -0.508 e. The highest BCUT2D eigenvalue weighted by Gasteiger charge is 2.03. The first-order valence-corrected chi connectivity index (χ1v) is 6.88. The molecule has 0 spiro atoms. The molecule has 21 heavy (non-hydrogen) atoms. The third-order valence-electron chi connectivity index (χ3n) is 3.52. The molecule has 1 aromatic heterocycles. The number of anilines is 2. The van der Waals surface area contributed by atoms with Crippen molar-refractivity contribution < 1.29 is 5.11 Å². The summed E-state index contributed by atoms with van der Waals surface area (Å²) in [6.45, 7) is 0.812. The Balaban J connectivity index is 1.74. The van der Waals surface area contributed by atoms with Gasteiger partial charge in [0.1, 0.15) is 5.75 Å². The van der Waals surface area contributed by atoms with Gasteiger partial charge < -0.3 is 16.2 Å². The predicted molar refractivity (Wildman–Crippen MR) is 86.5 cm³/mol. The van der Waals surface area contributed by atoms with Crippen LogP contribution in [0.4, 0.5) is 11.4 Å². The summed E-state index contributed by atoms with van der Waals surface area (Å²) >= 11 is 0. The van der Waals surface area contributed by atoms with E-state index in [1.54, 1.807) is 24.5 Å². The smallest absolute Gasteiger partial charge is 0.115 e. The molecule has 4 nitrogen and oxygen atoms in total. The molecule has 0 atom stereocenters. The van der Waals surface area contributed by atoms with Crippen molar-refractivity contribution in [3.8, 4) is 5.75 Å². The summed E-state index contributed by atoms with van der Waals surface area (Å²) in [5.74, 6) is 0.295. The summed E-state index contributed by atoms with van der Waals surface area (Å²) < 4.78 is 0. The second kappa shape index (κ2) is 5.71. The summed E-state index contributed by atoms with van der Waals surface area (Å²) in [6.07, 6.45) is 4.44. The number of nitrogens with one attached hydrogen (secondary N) is 1. The molecule has 3 aromatic rings. The monoisotopic (exact) mass is 279 g/mol. The van der Waals surface area contributed by atoms with Crippen LogP contribution in [0.25, 0.3) is 10.8 Å².